The van der Waals surface area contributed by atoms with Gasteiger partial charge in [0, 0.05) is 20.0 Å². The molecule has 2 aliphatic rings. The van der Waals surface area contributed by atoms with Crippen LogP contribution in [-0.4, -0.2) is 52.2 Å². The van der Waals surface area contributed by atoms with E-state index in [0.717, 1.165) is 5.56 Å². The molecule has 0 unspecified atom stereocenters. The predicted octanol–water partition coefficient (Wildman–Crippen LogP) is 1.05. The third-order valence-corrected chi connectivity index (χ3v) is 5.20. The highest BCUT2D eigenvalue weighted by Gasteiger charge is 2.43. The smallest absolute Gasteiger partial charge is 0.257 e. The summed E-state index contributed by atoms with van der Waals surface area (Å²) in [6.07, 6.45) is 0.686. The minimum absolute atomic E-state index is 0.00312. The molecule has 6 nitrogen and oxygen atoms in total. The van der Waals surface area contributed by atoms with E-state index in [0.29, 0.717) is 31.5 Å². The van der Waals surface area contributed by atoms with Crippen LogP contribution in [0.25, 0.3) is 0 Å². The number of benzene rings is 1. The van der Waals surface area contributed by atoms with Gasteiger partial charge in [-0.15, -0.1) is 0 Å². The Morgan fingerprint density at radius 1 is 1.21 bits per heavy atom. The van der Waals surface area contributed by atoms with Gasteiger partial charge in [-0.3, -0.25) is 9.59 Å². The Kier molecular flexibility index (Phi) is 4.49. The van der Waals surface area contributed by atoms with Crippen molar-refractivity contribution in [1.82, 2.24) is 10.2 Å². The first-order valence-electron chi connectivity index (χ1n) is 8.39. The Hall–Kier alpha value is -2.08. The van der Waals surface area contributed by atoms with Crippen LogP contribution in [0, 0.1) is 18.8 Å². The van der Waals surface area contributed by atoms with E-state index in [2.05, 4.69) is 5.32 Å². The maximum atomic E-state index is 12.7. The third kappa shape index (κ3) is 3.24. The summed E-state index contributed by atoms with van der Waals surface area (Å²) in [7, 11) is 0. The van der Waals surface area contributed by atoms with Crippen LogP contribution >= 0.6 is 0 Å². The molecule has 0 spiro atoms. The summed E-state index contributed by atoms with van der Waals surface area (Å²) in [5.74, 6) is 0.183. The second kappa shape index (κ2) is 6.43. The Bertz CT molecular complexity index is 660. The molecule has 3 N–H and O–H groups in total. The Labute approximate surface area is 141 Å². The SMILES string of the molecule is CC(=O)N[C@@H]1C[C@@H]2CN(C(=O)c3cc(C)ccc3O)C[C@@H]2C[C@H]1O. The Morgan fingerprint density at radius 3 is 2.54 bits per heavy atom. The fraction of sp³-hybridized carbons (Fsp3) is 0.556. The summed E-state index contributed by atoms with van der Waals surface area (Å²) < 4.78 is 0. The van der Waals surface area contributed by atoms with Crippen LogP contribution in [0.1, 0.15) is 35.7 Å². The minimum atomic E-state index is -0.572. The number of aliphatic hydroxyl groups excluding tert-OH is 1. The molecule has 1 aromatic carbocycles. The number of aryl methyl sites for hydroxylation is 1. The van der Waals surface area contributed by atoms with Crippen LogP contribution < -0.4 is 5.32 Å². The highest BCUT2D eigenvalue weighted by Crippen LogP contribution is 2.37. The molecule has 0 bridgehead atoms. The molecule has 1 aliphatic carbocycles. The zero-order valence-electron chi connectivity index (χ0n) is 14.0. The number of hydrogen-bond acceptors (Lipinski definition) is 4. The normalized spacial score (nSPS) is 29.2. The summed E-state index contributed by atoms with van der Waals surface area (Å²) in [6.45, 7) is 4.51. The fourth-order valence-corrected chi connectivity index (χ4v) is 4.00. The molecule has 1 saturated heterocycles. The van der Waals surface area contributed by atoms with Crippen LogP contribution in [0.2, 0.25) is 0 Å². The first-order valence-corrected chi connectivity index (χ1v) is 8.39. The first kappa shape index (κ1) is 16.8. The first-order chi connectivity index (χ1) is 11.3. The van der Waals surface area contributed by atoms with Crippen molar-refractivity contribution in [3.05, 3.63) is 29.3 Å². The minimum Gasteiger partial charge on any atom is -0.507 e. The van der Waals surface area contributed by atoms with Gasteiger partial charge in [0.25, 0.3) is 5.91 Å². The number of carbonyl (C=O) groups is 2. The zero-order chi connectivity index (χ0) is 17.4. The largest absolute Gasteiger partial charge is 0.507 e. The van der Waals surface area contributed by atoms with Gasteiger partial charge in [-0.2, -0.15) is 0 Å². The van der Waals surface area contributed by atoms with Crippen molar-refractivity contribution in [2.75, 3.05) is 13.1 Å². The molecular weight excluding hydrogens is 308 g/mol. The van der Waals surface area contributed by atoms with Crippen molar-refractivity contribution >= 4 is 11.8 Å². The number of hydrogen-bond donors (Lipinski definition) is 3. The molecule has 1 aliphatic heterocycles. The Morgan fingerprint density at radius 2 is 1.88 bits per heavy atom. The fourth-order valence-electron chi connectivity index (χ4n) is 4.00. The molecule has 0 radical (unpaired) electrons. The third-order valence-electron chi connectivity index (χ3n) is 5.20. The summed E-state index contributed by atoms with van der Waals surface area (Å²) in [5, 5.41) is 23.0. The van der Waals surface area contributed by atoms with Crippen LogP contribution in [0.15, 0.2) is 18.2 Å². The van der Waals surface area contributed by atoms with E-state index in [4.69, 9.17) is 0 Å². The van der Waals surface area contributed by atoms with E-state index in [1.165, 1.54) is 6.92 Å². The molecule has 24 heavy (non-hydrogen) atoms. The van der Waals surface area contributed by atoms with E-state index in [1.807, 2.05) is 6.92 Å². The zero-order valence-corrected chi connectivity index (χ0v) is 14.0. The monoisotopic (exact) mass is 332 g/mol. The number of amides is 2. The van der Waals surface area contributed by atoms with E-state index in [1.54, 1.807) is 23.1 Å². The maximum absolute atomic E-state index is 12.7. The number of phenolic OH excluding ortho intramolecular Hbond substituents is 1. The molecule has 1 heterocycles. The number of carbonyl (C=O) groups excluding carboxylic acids is 2. The van der Waals surface area contributed by atoms with Crippen molar-refractivity contribution in [1.29, 1.82) is 0 Å². The predicted molar refractivity (Wildman–Crippen MR) is 88.6 cm³/mol. The lowest BCUT2D eigenvalue weighted by Gasteiger charge is -2.35. The summed E-state index contributed by atoms with van der Waals surface area (Å²) >= 11 is 0. The van der Waals surface area contributed by atoms with Crippen LogP contribution in [0.5, 0.6) is 5.75 Å². The van der Waals surface area contributed by atoms with Crippen molar-refractivity contribution < 1.29 is 19.8 Å². The lowest BCUT2D eigenvalue weighted by molar-refractivity contribution is -0.121. The Balaban J connectivity index is 1.72. The molecule has 6 heteroatoms. The molecule has 1 saturated carbocycles. The van der Waals surface area contributed by atoms with E-state index in [9.17, 15) is 19.8 Å². The number of fused-ring (bicyclic) bond motifs is 1. The second-order valence-electron chi connectivity index (χ2n) is 7.10. The van der Waals surface area contributed by atoms with Gasteiger partial charge in [0.05, 0.1) is 17.7 Å². The van der Waals surface area contributed by atoms with Crippen molar-refractivity contribution in [2.45, 2.75) is 38.8 Å². The second-order valence-corrected chi connectivity index (χ2v) is 7.10. The number of nitrogens with zero attached hydrogens (tertiary/aromatic N) is 1. The van der Waals surface area contributed by atoms with Gasteiger partial charge in [0.15, 0.2) is 0 Å². The molecule has 4 atom stereocenters. The highest BCUT2D eigenvalue weighted by atomic mass is 16.3. The summed E-state index contributed by atoms with van der Waals surface area (Å²) in [5.41, 5.74) is 1.25. The lowest BCUT2D eigenvalue weighted by Crippen LogP contribution is -2.48. The highest BCUT2D eigenvalue weighted by molar-refractivity contribution is 5.97. The number of likely N-dealkylation sites (tertiary alicyclic amines) is 1. The van der Waals surface area contributed by atoms with E-state index in [-0.39, 0.29) is 35.4 Å². The molecule has 3 rings (SSSR count). The number of aliphatic hydroxyl groups is 1. The molecule has 0 aromatic heterocycles. The van der Waals surface area contributed by atoms with Crippen molar-refractivity contribution in [3.63, 3.8) is 0 Å². The lowest BCUT2D eigenvalue weighted by atomic mass is 9.77. The average Bonchev–Trinajstić information content (AvgIpc) is 2.91. The van der Waals surface area contributed by atoms with E-state index < -0.39 is 6.10 Å². The number of rotatable bonds is 2. The van der Waals surface area contributed by atoms with Gasteiger partial charge in [0.1, 0.15) is 5.75 Å². The number of aromatic hydroxyl groups is 1. The van der Waals surface area contributed by atoms with E-state index >= 15 is 0 Å². The van der Waals surface area contributed by atoms with Gasteiger partial charge in [-0.05, 0) is 43.7 Å². The van der Waals surface area contributed by atoms with Crippen LogP contribution in [0.4, 0.5) is 0 Å². The van der Waals surface area contributed by atoms with Gasteiger partial charge in [-0.25, -0.2) is 0 Å². The summed E-state index contributed by atoms with van der Waals surface area (Å²) in [4.78, 5) is 25.8. The van der Waals surface area contributed by atoms with Gasteiger partial charge in [-0.1, -0.05) is 11.6 Å². The molecular formula is C18H24N2O4. The van der Waals surface area contributed by atoms with Gasteiger partial charge in [0.2, 0.25) is 5.91 Å². The van der Waals surface area contributed by atoms with Crippen LogP contribution in [-0.2, 0) is 4.79 Å². The number of nitrogens with one attached hydrogen (secondary N) is 1. The van der Waals surface area contributed by atoms with Crippen molar-refractivity contribution in [2.24, 2.45) is 11.8 Å². The maximum Gasteiger partial charge on any atom is 0.257 e. The van der Waals surface area contributed by atoms with Gasteiger partial charge < -0.3 is 20.4 Å². The number of phenols is 1. The molecule has 1 aromatic rings. The quantitative estimate of drug-likeness (QED) is 0.755. The van der Waals surface area contributed by atoms with Crippen LogP contribution in [0.3, 0.4) is 0 Å². The molecule has 130 valence electrons. The molecule has 2 fully saturated rings. The summed E-state index contributed by atoms with van der Waals surface area (Å²) in [6, 6.07) is 4.77. The molecule has 2 amide bonds. The standard InChI is InChI=1S/C18H24N2O4/c1-10-3-4-16(22)14(5-10)18(24)20-8-12-6-15(19-11(2)21)17(23)7-13(12)9-20/h3-5,12-13,15,17,22-23H,6-9H2,1-2H3,(H,19,21)/t12-,13+,15-,17-/m1/s1. The average molecular weight is 332 g/mol. The van der Waals surface area contributed by atoms with Crippen molar-refractivity contribution in [3.8, 4) is 5.75 Å². The van der Waals surface area contributed by atoms with Gasteiger partial charge >= 0.3 is 0 Å². The topological polar surface area (TPSA) is 89.9 Å².